The van der Waals surface area contributed by atoms with Crippen LogP contribution in [-0.4, -0.2) is 22.6 Å². The third-order valence-electron chi connectivity index (χ3n) is 4.71. The average molecular weight is 362 g/mol. The lowest BCUT2D eigenvalue weighted by Gasteiger charge is -2.17. The van der Waals surface area contributed by atoms with Crippen molar-refractivity contribution in [1.29, 1.82) is 0 Å². The Bertz CT molecular complexity index is 947. The van der Waals surface area contributed by atoms with Crippen LogP contribution >= 0.6 is 0 Å². The second kappa shape index (κ2) is 7.23. The summed E-state index contributed by atoms with van der Waals surface area (Å²) in [6.07, 6.45) is 0.907. The maximum Gasteiger partial charge on any atom is 0.258 e. The number of amides is 1. The molecule has 1 aliphatic rings. The first-order valence-electron chi connectivity index (χ1n) is 9.18. The minimum Gasteiger partial charge on any atom is -0.376 e. The zero-order valence-electron chi connectivity index (χ0n) is 15.5. The Morgan fingerprint density at radius 2 is 1.96 bits per heavy atom. The lowest BCUT2D eigenvalue weighted by molar-refractivity contribution is 0.0989. The fourth-order valence-electron chi connectivity index (χ4n) is 3.19. The maximum atomic E-state index is 12.8. The zero-order valence-corrected chi connectivity index (χ0v) is 15.5. The highest BCUT2D eigenvalue weighted by atomic mass is 16.5. The third kappa shape index (κ3) is 3.56. The van der Waals surface area contributed by atoms with Gasteiger partial charge in [0.1, 0.15) is 0 Å². The number of nitrogens with one attached hydrogen (secondary N) is 1. The summed E-state index contributed by atoms with van der Waals surface area (Å²) < 4.78 is 5.23. The predicted molar refractivity (Wildman–Crippen MR) is 104 cm³/mol. The fraction of sp³-hybridized carbons (Fsp3) is 0.286. The molecule has 1 aromatic heterocycles. The smallest absolute Gasteiger partial charge is 0.258 e. The summed E-state index contributed by atoms with van der Waals surface area (Å²) in [6, 6.07) is 15.6. The van der Waals surface area contributed by atoms with Crippen molar-refractivity contribution in [2.45, 2.75) is 32.7 Å². The predicted octanol–water partition coefficient (Wildman–Crippen LogP) is 4.01. The van der Waals surface area contributed by atoms with Gasteiger partial charge in [0.2, 0.25) is 5.89 Å². The van der Waals surface area contributed by atoms with E-state index in [1.165, 1.54) is 5.56 Å². The van der Waals surface area contributed by atoms with Gasteiger partial charge in [-0.15, -0.1) is 0 Å². The molecule has 2 heterocycles. The monoisotopic (exact) mass is 362 g/mol. The Balaban J connectivity index is 1.41. The first-order valence-corrected chi connectivity index (χ1v) is 9.18. The van der Waals surface area contributed by atoms with Crippen molar-refractivity contribution in [3.63, 3.8) is 0 Å². The standard InChI is InChI=1S/C21H22N4O2/c1-14(2)20-23-19(27-24-20)13-22-17-9-7-16(8-10-17)21(26)25-12-11-15-5-3-4-6-18(15)25/h3-10,14,22H,11-13H2,1-2H3. The molecule has 3 aromatic rings. The normalized spacial score (nSPS) is 13.1. The number of benzene rings is 2. The van der Waals surface area contributed by atoms with Crippen molar-refractivity contribution in [3.05, 3.63) is 71.4 Å². The molecule has 6 heteroatoms. The molecule has 4 rings (SSSR count). The Morgan fingerprint density at radius 3 is 2.70 bits per heavy atom. The SMILES string of the molecule is CC(C)c1noc(CNc2ccc(C(=O)N3CCc4ccccc43)cc2)n1. The molecule has 1 aliphatic heterocycles. The van der Waals surface area contributed by atoms with Gasteiger partial charge in [-0.05, 0) is 42.3 Å². The zero-order chi connectivity index (χ0) is 18.8. The summed E-state index contributed by atoms with van der Waals surface area (Å²) in [6.45, 7) is 5.23. The average Bonchev–Trinajstić information content (AvgIpc) is 3.33. The number of fused-ring (bicyclic) bond motifs is 1. The molecule has 2 aromatic carbocycles. The van der Waals surface area contributed by atoms with E-state index < -0.39 is 0 Å². The van der Waals surface area contributed by atoms with Gasteiger partial charge in [0.25, 0.3) is 5.91 Å². The van der Waals surface area contributed by atoms with Crippen LogP contribution in [0.1, 0.15) is 47.4 Å². The lowest BCUT2D eigenvalue weighted by atomic mass is 10.1. The van der Waals surface area contributed by atoms with Crippen LogP contribution in [0.2, 0.25) is 0 Å². The molecule has 0 bridgehead atoms. The topological polar surface area (TPSA) is 71.3 Å². The molecule has 138 valence electrons. The van der Waals surface area contributed by atoms with Gasteiger partial charge < -0.3 is 14.7 Å². The number of hydrogen-bond acceptors (Lipinski definition) is 5. The van der Waals surface area contributed by atoms with Gasteiger partial charge in [-0.25, -0.2) is 0 Å². The van der Waals surface area contributed by atoms with Crippen molar-refractivity contribution in [2.24, 2.45) is 0 Å². The Labute approximate surface area is 158 Å². The highest BCUT2D eigenvalue weighted by Crippen LogP contribution is 2.29. The van der Waals surface area contributed by atoms with E-state index in [4.69, 9.17) is 4.52 Å². The van der Waals surface area contributed by atoms with Crippen molar-refractivity contribution < 1.29 is 9.32 Å². The second-order valence-electron chi connectivity index (χ2n) is 6.97. The van der Waals surface area contributed by atoms with E-state index in [9.17, 15) is 4.79 Å². The Kier molecular flexibility index (Phi) is 4.62. The van der Waals surface area contributed by atoms with E-state index >= 15 is 0 Å². The number of anilines is 2. The van der Waals surface area contributed by atoms with Gasteiger partial charge in [-0.3, -0.25) is 4.79 Å². The van der Waals surface area contributed by atoms with Crippen molar-refractivity contribution in [3.8, 4) is 0 Å². The number of aromatic nitrogens is 2. The molecule has 27 heavy (non-hydrogen) atoms. The number of nitrogens with zero attached hydrogens (tertiary/aromatic N) is 3. The summed E-state index contributed by atoms with van der Waals surface area (Å²) in [5.74, 6) is 1.53. The van der Waals surface area contributed by atoms with Crippen molar-refractivity contribution >= 4 is 17.3 Å². The van der Waals surface area contributed by atoms with Gasteiger partial charge in [-0.1, -0.05) is 37.2 Å². The van der Waals surface area contributed by atoms with E-state index in [1.807, 2.05) is 61.2 Å². The number of rotatable bonds is 5. The first-order chi connectivity index (χ1) is 13.1. The van der Waals surface area contributed by atoms with Crippen LogP contribution in [0.15, 0.2) is 53.1 Å². The number of carbonyl (C=O) groups excluding carboxylic acids is 1. The minimum absolute atomic E-state index is 0.0324. The molecule has 0 radical (unpaired) electrons. The summed E-state index contributed by atoms with van der Waals surface area (Å²) >= 11 is 0. The molecule has 0 unspecified atom stereocenters. The molecule has 0 aliphatic carbocycles. The molecule has 0 saturated carbocycles. The van der Waals surface area contributed by atoms with Crippen LogP contribution in [0, 0.1) is 0 Å². The number of carbonyl (C=O) groups is 1. The van der Waals surface area contributed by atoms with E-state index in [-0.39, 0.29) is 11.8 Å². The molecule has 6 nitrogen and oxygen atoms in total. The molecule has 1 N–H and O–H groups in total. The van der Waals surface area contributed by atoms with Crippen LogP contribution in [0.4, 0.5) is 11.4 Å². The summed E-state index contributed by atoms with van der Waals surface area (Å²) in [5, 5.41) is 7.19. The van der Waals surface area contributed by atoms with Crippen molar-refractivity contribution in [2.75, 3.05) is 16.8 Å². The molecule has 0 spiro atoms. The van der Waals surface area contributed by atoms with Crippen LogP contribution in [0.5, 0.6) is 0 Å². The molecular formula is C21H22N4O2. The molecule has 0 atom stereocenters. The molecule has 0 fully saturated rings. The van der Waals surface area contributed by atoms with Crippen LogP contribution in [0.3, 0.4) is 0 Å². The third-order valence-corrected chi connectivity index (χ3v) is 4.71. The molecular weight excluding hydrogens is 340 g/mol. The first kappa shape index (κ1) is 17.3. The van der Waals surface area contributed by atoms with Gasteiger partial charge in [0, 0.05) is 29.4 Å². The van der Waals surface area contributed by atoms with Crippen LogP contribution in [0.25, 0.3) is 0 Å². The molecule has 1 amide bonds. The number of hydrogen-bond donors (Lipinski definition) is 1. The van der Waals surface area contributed by atoms with Gasteiger partial charge in [0.15, 0.2) is 5.82 Å². The summed E-state index contributed by atoms with van der Waals surface area (Å²) in [5.41, 5.74) is 3.82. The number of para-hydroxylation sites is 1. The fourth-order valence-corrected chi connectivity index (χ4v) is 3.19. The minimum atomic E-state index is 0.0324. The molecule has 0 saturated heterocycles. The van der Waals surface area contributed by atoms with Crippen LogP contribution in [-0.2, 0) is 13.0 Å². The maximum absolute atomic E-state index is 12.8. The summed E-state index contributed by atoms with van der Waals surface area (Å²) in [4.78, 5) is 19.0. The summed E-state index contributed by atoms with van der Waals surface area (Å²) in [7, 11) is 0. The van der Waals surface area contributed by atoms with E-state index in [0.29, 0.717) is 23.8 Å². The van der Waals surface area contributed by atoms with Gasteiger partial charge in [-0.2, -0.15) is 4.98 Å². The lowest BCUT2D eigenvalue weighted by Crippen LogP contribution is -2.28. The van der Waals surface area contributed by atoms with Gasteiger partial charge >= 0.3 is 0 Å². The Hall–Kier alpha value is -3.15. The van der Waals surface area contributed by atoms with E-state index in [1.54, 1.807) is 0 Å². The quantitative estimate of drug-likeness (QED) is 0.742. The Morgan fingerprint density at radius 1 is 1.19 bits per heavy atom. The van der Waals surface area contributed by atoms with Crippen LogP contribution < -0.4 is 10.2 Å². The van der Waals surface area contributed by atoms with E-state index in [0.717, 1.165) is 24.3 Å². The van der Waals surface area contributed by atoms with Gasteiger partial charge in [0.05, 0.1) is 6.54 Å². The highest BCUT2D eigenvalue weighted by molar-refractivity contribution is 6.07. The second-order valence-corrected chi connectivity index (χ2v) is 6.97. The highest BCUT2D eigenvalue weighted by Gasteiger charge is 2.24. The van der Waals surface area contributed by atoms with Crippen molar-refractivity contribution in [1.82, 2.24) is 10.1 Å². The van der Waals surface area contributed by atoms with E-state index in [2.05, 4.69) is 21.5 Å². The largest absolute Gasteiger partial charge is 0.376 e.